The van der Waals surface area contributed by atoms with Crippen molar-refractivity contribution in [3.05, 3.63) is 0 Å². The molecule has 1 fully saturated rings. The van der Waals surface area contributed by atoms with E-state index in [2.05, 4.69) is 17.0 Å². The lowest BCUT2D eigenvalue weighted by Crippen LogP contribution is -2.45. The Hall–Kier alpha value is -0.770. The molecule has 76 valence electrons. The van der Waals surface area contributed by atoms with Crippen LogP contribution in [0.2, 0.25) is 0 Å². The zero-order valence-corrected chi connectivity index (χ0v) is 8.40. The quantitative estimate of drug-likeness (QED) is 0.298. The van der Waals surface area contributed by atoms with Crippen LogP contribution in [0.3, 0.4) is 0 Å². The molecule has 1 heterocycles. The first-order valence-corrected chi connectivity index (χ1v) is 4.93. The molecule has 0 amide bonds. The first-order chi connectivity index (χ1) is 6.20. The molecule has 0 spiro atoms. The van der Waals surface area contributed by atoms with Crippen LogP contribution < -0.4 is 5.73 Å². The average molecular weight is 185 g/mol. The molecule has 1 aliphatic heterocycles. The van der Waals surface area contributed by atoms with Crippen molar-refractivity contribution in [1.29, 1.82) is 0 Å². The normalized spacial score (nSPS) is 27.8. The van der Waals surface area contributed by atoms with Gasteiger partial charge in [0.25, 0.3) is 0 Å². The summed E-state index contributed by atoms with van der Waals surface area (Å²) in [6.07, 6.45) is 3.60. The van der Waals surface area contributed by atoms with Gasteiger partial charge >= 0.3 is 0 Å². The van der Waals surface area contributed by atoms with Crippen molar-refractivity contribution in [2.75, 3.05) is 6.54 Å². The molecule has 0 bridgehead atoms. The first-order valence-electron chi connectivity index (χ1n) is 4.93. The number of rotatable bonds is 3. The highest BCUT2D eigenvalue weighted by Crippen LogP contribution is 2.22. The Morgan fingerprint density at radius 3 is 3.00 bits per heavy atom. The van der Waals surface area contributed by atoms with Gasteiger partial charge in [0.1, 0.15) is 0 Å². The number of hydrogen-bond acceptors (Lipinski definition) is 3. The molecule has 0 aromatic heterocycles. The smallest absolute Gasteiger partial charge is 0.156 e. The fraction of sp³-hybridized carbons (Fsp3) is 0.889. The second-order valence-electron chi connectivity index (χ2n) is 3.64. The summed E-state index contributed by atoms with van der Waals surface area (Å²) in [5.41, 5.74) is 5.57. The van der Waals surface area contributed by atoms with Crippen molar-refractivity contribution < 1.29 is 5.21 Å². The second kappa shape index (κ2) is 4.46. The third-order valence-electron chi connectivity index (χ3n) is 2.93. The molecule has 1 aliphatic rings. The SMILES string of the molecule is CCC1CCCN1C(C)C(N)=NO. The fourth-order valence-corrected chi connectivity index (χ4v) is 2.06. The maximum Gasteiger partial charge on any atom is 0.156 e. The Morgan fingerprint density at radius 1 is 1.77 bits per heavy atom. The van der Waals surface area contributed by atoms with E-state index in [9.17, 15) is 0 Å². The molecule has 1 rings (SSSR count). The standard InChI is InChI=1S/C9H19N3O/c1-3-8-5-4-6-12(8)7(2)9(10)11-13/h7-8,13H,3-6H2,1-2H3,(H2,10,11). The van der Waals surface area contributed by atoms with Gasteiger partial charge in [0.05, 0.1) is 6.04 Å². The van der Waals surface area contributed by atoms with Crippen LogP contribution in [0.4, 0.5) is 0 Å². The summed E-state index contributed by atoms with van der Waals surface area (Å²) in [4.78, 5) is 2.31. The number of nitrogens with zero attached hydrogens (tertiary/aromatic N) is 2. The van der Waals surface area contributed by atoms with Gasteiger partial charge in [0, 0.05) is 6.04 Å². The molecule has 0 saturated carbocycles. The Bertz CT molecular complexity index is 193. The Morgan fingerprint density at radius 2 is 2.46 bits per heavy atom. The molecule has 0 radical (unpaired) electrons. The van der Waals surface area contributed by atoms with Gasteiger partial charge < -0.3 is 10.9 Å². The molecule has 0 aromatic carbocycles. The number of amidine groups is 1. The minimum Gasteiger partial charge on any atom is -0.409 e. The molecule has 2 atom stereocenters. The van der Waals surface area contributed by atoms with E-state index in [4.69, 9.17) is 10.9 Å². The van der Waals surface area contributed by atoms with E-state index in [-0.39, 0.29) is 6.04 Å². The van der Waals surface area contributed by atoms with Gasteiger partial charge in [-0.2, -0.15) is 0 Å². The van der Waals surface area contributed by atoms with Crippen molar-refractivity contribution in [3.8, 4) is 0 Å². The van der Waals surface area contributed by atoms with Crippen LogP contribution in [-0.4, -0.2) is 34.6 Å². The van der Waals surface area contributed by atoms with Crippen LogP contribution >= 0.6 is 0 Å². The number of nitrogens with two attached hydrogens (primary N) is 1. The molecule has 4 nitrogen and oxygen atoms in total. The monoisotopic (exact) mass is 185 g/mol. The van der Waals surface area contributed by atoms with Crippen LogP contribution in [0.1, 0.15) is 33.1 Å². The largest absolute Gasteiger partial charge is 0.409 e. The van der Waals surface area contributed by atoms with Gasteiger partial charge in [0.2, 0.25) is 0 Å². The van der Waals surface area contributed by atoms with Crippen molar-refractivity contribution in [2.45, 2.75) is 45.2 Å². The molecule has 4 heteroatoms. The van der Waals surface area contributed by atoms with Crippen molar-refractivity contribution in [2.24, 2.45) is 10.9 Å². The number of hydrogen-bond donors (Lipinski definition) is 2. The van der Waals surface area contributed by atoms with E-state index in [0.29, 0.717) is 11.9 Å². The van der Waals surface area contributed by atoms with E-state index < -0.39 is 0 Å². The van der Waals surface area contributed by atoms with Crippen LogP contribution in [0.25, 0.3) is 0 Å². The molecular formula is C9H19N3O. The fourth-order valence-electron chi connectivity index (χ4n) is 2.06. The Kier molecular flexibility index (Phi) is 3.54. The predicted octanol–water partition coefficient (Wildman–Crippen LogP) is 0.996. The topological polar surface area (TPSA) is 61.8 Å². The lowest BCUT2D eigenvalue weighted by Gasteiger charge is -2.28. The molecule has 3 N–H and O–H groups in total. The average Bonchev–Trinajstić information content (AvgIpc) is 2.62. The highest BCUT2D eigenvalue weighted by Gasteiger charge is 2.28. The van der Waals surface area contributed by atoms with Crippen LogP contribution in [0.5, 0.6) is 0 Å². The van der Waals surface area contributed by atoms with Gasteiger partial charge in [-0.15, -0.1) is 0 Å². The zero-order valence-electron chi connectivity index (χ0n) is 8.40. The maximum atomic E-state index is 8.56. The van der Waals surface area contributed by atoms with E-state index >= 15 is 0 Å². The number of likely N-dealkylation sites (tertiary alicyclic amines) is 1. The minimum absolute atomic E-state index is 0.0671. The van der Waals surface area contributed by atoms with E-state index in [1.54, 1.807) is 0 Å². The summed E-state index contributed by atoms with van der Waals surface area (Å²) in [6, 6.07) is 0.674. The van der Waals surface area contributed by atoms with Crippen LogP contribution in [0.15, 0.2) is 5.16 Å². The number of oxime groups is 1. The second-order valence-corrected chi connectivity index (χ2v) is 3.64. The Labute approximate surface area is 79.4 Å². The van der Waals surface area contributed by atoms with Gasteiger partial charge in [-0.3, -0.25) is 4.90 Å². The molecule has 13 heavy (non-hydrogen) atoms. The summed E-state index contributed by atoms with van der Waals surface area (Å²) >= 11 is 0. The van der Waals surface area contributed by atoms with Gasteiger partial charge in [0.15, 0.2) is 5.84 Å². The molecule has 2 unspecified atom stereocenters. The van der Waals surface area contributed by atoms with Crippen molar-refractivity contribution in [1.82, 2.24) is 4.90 Å². The third-order valence-corrected chi connectivity index (χ3v) is 2.93. The maximum absolute atomic E-state index is 8.56. The van der Waals surface area contributed by atoms with Gasteiger partial charge in [-0.25, -0.2) is 0 Å². The van der Waals surface area contributed by atoms with Gasteiger partial charge in [-0.1, -0.05) is 12.1 Å². The van der Waals surface area contributed by atoms with Crippen molar-refractivity contribution in [3.63, 3.8) is 0 Å². The summed E-state index contributed by atoms with van der Waals surface area (Å²) in [6.45, 7) is 5.24. The predicted molar refractivity (Wildman–Crippen MR) is 52.9 cm³/mol. The molecule has 0 aromatic rings. The molecular weight excluding hydrogens is 166 g/mol. The summed E-state index contributed by atoms with van der Waals surface area (Å²) in [7, 11) is 0. The zero-order chi connectivity index (χ0) is 9.84. The Balaban J connectivity index is 2.59. The lowest BCUT2D eigenvalue weighted by atomic mass is 10.1. The van der Waals surface area contributed by atoms with E-state index in [0.717, 1.165) is 13.0 Å². The van der Waals surface area contributed by atoms with E-state index in [1.165, 1.54) is 12.8 Å². The van der Waals surface area contributed by atoms with Crippen molar-refractivity contribution >= 4 is 5.84 Å². The van der Waals surface area contributed by atoms with E-state index in [1.807, 2.05) is 6.92 Å². The third kappa shape index (κ3) is 2.12. The summed E-state index contributed by atoms with van der Waals surface area (Å²) in [5.74, 6) is 0.320. The van der Waals surface area contributed by atoms with Gasteiger partial charge in [-0.05, 0) is 32.7 Å². The first kappa shape index (κ1) is 10.3. The summed E-state index contributed by atoms with van der Waals surface area (Å²) in [5, 5.41) is 11.6. The molecule has 0 aliphatic carbocycles. The summed E-state index contributed by atoms with van der Waals surface area (Å²) < 4.78 is 0. The van der Waals surface area contributed by atoms with Crippen LogP contribution in [0, 0.1) is 0 Å². The minimum atomic E-state index is 0.0671. The highest BCUT2D eigenvalue weighted by molar-refractivity contribution is 5.84. The lowest BCUT2D eigenvalue weighted by molar-refractivity contribution is 0.221. The van der Waals surface area contributed by atoms with Crippen LogP contribution in [-0.2, 0) is 0 Å². The molecule has 1 saturated heterocycles. The highest BCUT2D eigenvalue weighted by atomic mass is 16.4.